The summed E-state index contributed by atoms with van der Waals surface area (Å²) >= 11 is 0. The van der Waals surface area contributed by atoms with Gasteiger partial charge in [0.05, 0.1) is 23.9 Å². The highest BCUT2D eigenvalue weighted by molar-refractivity contribution is 6.23. The molecule has 4 heterocycles. The monoisotopic (exact) mass is 446 g/mol. The number of benzene rings is 1. The first-order chi connectivity index (χ1) is 15.8. The molecule has 0 saturated carbocycles. The fraction of sp³-hybridized carbons (Fsp3) is 0.227. The lowest BCUT2D eigenvalue weighted by molar-refractivity contribution is -0.136. The van der Waals surface area contributed by atoms with Gasteiger partial charge in [-0.1, -0.05) is 11.3 Å². The van der Waals surface area contributed by atoms with Gasteiger partial charge in [-0.15, -0.1) is 5.10 Å². The molecule has 166 valence electrons. The van der Waals surface area contributed by atoms with Gasteiger partial charge < -0.3 is 5.11 Å². The highest BCUT2D eigenvalue weighted by Crippen LogP contribution is 2.30. The number of aryl methyl sites for hydroxylation is 1. The molecule has 0 aliphatic carbocycles. The van der Waals surface area contributed by atoms with Gasteiger partial charge in [0.1, 0.15) is 23.2 Å². The summed E-state index contributed by atoms with van der Waals surface area (Å²) in [6.45, 7) is 2.02. The minimum Gasteiger partial charge on any atom is -0.506 e. The molecule has 2 aliphatic rings. The fourth-order valence-electron chi connectivity index (χ4n) is 4.01. The van der Waals surface area contributed by atoms with Crippen molar-refractivity contribution in [3.8, 4) is 17.0 Å². The van der Waals surface area contributed by atoms with E-state index in [-0.39, 0.29) is 36.3 Å². The quantitative estimate of drug-likeness (QED) is 0.560. The lowest BCUT2D eigenvalue weighted by atomic mass is 10.0. The number of amides is 4. The maximum Gasteiger partial charge on any atom is 0.262 e. The van der Waals surface area contributed by atoms with E-state index in [1.54, 1.807) is 24.4 Å². The lowest BCUT2D eigenvalue weighted by Crippen LogP contribution is -2.54. The Morgan fingerprint density at radius 3 is 2.67 bits per heavy atom. The van der Waals surface area contributed by atoms with Gasteiger partial charge >= 0.3 is 0 Å². The zero-order valence-corrected chi connectivity index (χ0v) is 17.5. The SMILES string of the molecule is Cc1ccc(O)c(Cn2cc(-c3ccc4c(c3)C(=O)N(C3CCC(=O)NC3=O)C4=O)nn2)n1. The minimum absolute atomic E-state index is 0.0489. The molecule has 0 bridgehead atoms. The summed E-state index contributed by atoms with van der Waals surface area (Å²) in [7, 11) is 0. The summed E-state index contributed by atoms with van der Waals surface area (Å²) in [5.41, 5.74) is 2.58. The molecule has 11 heteroatoms. The molecular weight excluding hydrogens is 428 g/mol. The van der Waals surface area contributed by atoms with Crippen LogP contribution in [0.4, 0.5) is 0 Å². The van der Waals surface area contributed by atoms with Crippen molar-refractivity contribution < 1.29 is 24.3 Å². The van der Waals surface area contributed by atoms with Gasteiger partial charge in [-0.05, 0) is 37.6 Å². The molecule has 2 aliphatic heterocycles. The second-order valence-corrected chi connectivity index (χ2v) is 7.93. The summed E-state index contributed by atoms with van der Waals surface area (Å²) in [4.78, 5) is 54.7. The molecule has 11 nitrogen and oxygen atoms in total. The lowest BCUT2D eigenvalue weighted by Gasteiger charge is -2.27. The van der Waals surface area contributed by atoms with Crippen molar-refractivity contribution in [2.45, 2.75) is 32.4 Å². The maximum atomic E-state index is 13.0. The van der Waals surface area contributed by atoms with E-state index in [0.717, 1.165) is 10.6 Å². The first kappa shape index (κ1) is 20.5. The van der Waals surface area contributed by atoms with Crippen molar-refractivity contribution in [1.82, 2.24) is 30.2 Å². The van der Waals surface area contributed by atoms with Crippen LogP contribution in [-0.4, -0.2) is 59.7 Å². The van der Waals surface area contributed by atoms with Crippen LogP contribution in [0.5, 0.6) is 5.75 Å². The number of piperidine rings is 1. The number of hydrogen-bond donors (Lipinski definition) is 2. The van der Waals surface area contributed by atoms with Crippen LogP contribution < -0.4 is 5.32 Å². The van der Waals surface area contributed by atoms with E-state index in [9.17, 15) is 24.3 Å². The van der Waals surface area contributed by atoms with E-state index >= 15 is 0 Å². The first-order valence-electron chi connectivity index (χ1n) is 10.2. The summed E-state index contributed by atoms with van der Waals surface area (Å²) in [5, 5.41) is 20.4. The van der Waals surface area contributed by atoms with E-state index in [4.69, 9.17) is 0 Å². The Morgan fingerprint density at radius 1 is 1.09 bits per heavy atom. The summed E-state index contributed by atoms with van der Waals surface area (Å²) in [5.74, 6) is -2.19. The van der Waals surface area contributed by atoms with Gasteiger partial charge in [0.2, 0.25) is 11.8 Å². The number of fused-ring (bicyclic) bond motifs is 1. The number of hydrogen-bond acceptors (Lipinski definition) is 8. The van der Waals surface area contributed by atoms with E-state index in [1.807, 2.05) is 6.92 Å². The van der Waals surface area contributed by atoms with Gasteiger partial charge in [0, 0.05) is 17.7 Å². The molecule has 3 aromatic rings. The van der Waals surface area contributed by atoms with E-state index in [0.29, 0.717) is 17.0 Å². The summed E-state index contributed by atoms with van der Waals surface area (Å²) < 4.78 is 1.51. The van der Waals surface area contributed by atoms with Crippen molar-refractivity contribution >= 4 is 23.6 Å². The third-order valence-electron chi connectivity index (χ3n) is 5.68. The van der Waals surface area contributed by atoms with Crippen LogP contribution in [0.3, 0.4) is 0 Å². The zero-order chi connectivity index (χ0) is 23.3. The summed E-state index contributed by atoms with van der Waals surface area (Å²) in [6.07, 6.45) is 1.80. The average Bonchev–Trinajstić information content (AvgIpc) is 3.34. The zero-order valence-electron chi connectivity index (χ0n) is 17.5. The molecule has 33 heavy (non-hydrogen) atoms. The highest BCUT2D eigenvalue weighted by atomic mass is 16.3. The number of carbonyl (C=O) groups is 4. The highest BCUT2D eigenvalue weighted by Gasteiger charge is 2.44. The second-order valence-electron chi connectivity index (χ2n) is 7.93. The molecule has 2 aromatic heterocycles. The molecule has 5 rings (SSSR count). The molecule has 2 N–H and O–H groups in total. The number of pyridine rings is 1. The predicted molar refractivity (Wildman–Crippen MR) is 112 cm³/mol. The number of imide groups is 2. The Kier molecular flexibility index (Phi) is 4.73. The molecule has 1 fully saturated rings. The molecule has 0 spiro atoms. The van der Waals surface area contributed by atoms with E-state index in [2.05, 4.69) is 20.6 Å². The van der Waals surface area contributed by atoms with Crippen molar-refractivity contribution in [2.75, 3.05) is 0 Å². The molecule has 1 unspecified atom stereocenters. The fourth-order valence-corrected chi connectivity index (χ4v) is 4.01. The molecule has 0 radical (unpaired) electrons. The summed E-state index contributed by atoms with van der Waals surface area (Å²) in [6, 6.07) is 6.95. The number of nitrogens with zero attached hydrogens (tertiary/aromatic N) is 5. The number of aromatic hydroxyl groups is 1. The van der Waals surface area contributed by atoms with Crippen molar-refractivity contribution in [1.29, 1.82) is 0 Å². The Balaban J connectivity index is 1.41. The van der Waals surface area contributed by atoms with Gasteiger partial charge in [-0.2, -0.15) is 0 Å². The van der Waals surface area contributed by atoms with Gasteiger partial charge in [0.25, 0.3) is 11.8 Å². The van der Waals surface area contributed by atoms with Crippen LogP contribution in [0.2, 0.25) is 0 Å². The average molecular weight is 446 g/mol. The molecule has 4 amide bonds. The molecular formula is C22H18N6O5. The second kappa shape index (κ2) is 7.62. The van der Waals surface area contributed by atoms with Crippen LogP contribution in [0, 0.1) is 6.92 Å². The van der Waals surface area contributed by atoms with Crippen molar-refractivity contribution in [3.63, 3.8) is 0 Å². The minimum atomic E-state index is -1.02. The third kappa shape index (κ3) is 3.53. The van der Waals surface area contributed by atoms with Crippen LogP contribution in [0.15, 0.2) is 36.5 Å². The number of aromatic nitrogens is 4. The number of nitrogens with one attached hydrogen (secondary N) is 1. The standard InChI is InChI=1S/C22H18N6O5/c1-11-2-6-18(29)16(23-11)10-27-9-15(25-26-27)12-3-4-13-14(8-12)22(33)28(21(13)32)17-5-7-19(30)24-20(17)31/h2-4,6,8-9,17,29H,5,7,10H2,1H3,(H,24,30,31). The Labute approximate surface area is 187 Å². The van der Waals surface area contributed by atoms with E-state index < -0.39 is 29.7 Å². The Hall–Kier alpha value is -4.41. The first-order valence-corrected chi connectivity index (χ1v) is 10.2. The molecule has 1 atom stereocenters. The van der Waals surface area contributed by atoms with Gasteiger partial charge in [-0.25, -0.2) is 4.68 Å². The Bertz CT molecular complexity index is 1350. The largest absolute Gasteiger partial charge is 0.506 e. The maximum absolute atomic E-state index is 13.0. The van der Waals surface area contributed by atoms with E-state index in [1.165, 1.54) is 16.8 Å². The van der Waals surface area contributed by atoms with Crippen LogP contribution in [0.25, 0.3) is 11.3 Å². The van der Waals surface area contributed by atoms with Crippen LogP contribution in [0.1, 0.15) is 44.9 Å². The van der Waals surface area contributed by atoms with Gasteiger partial charge in [0.15, 0.2) is 0 Å². The topological polar surface area (TPSA) is 147 Å². The third-order valence-corrected chi connectivity index (χ3v) is 5.68. The number of rotatable bonds is 4. The molecule has 1 saturated heterocycles. The van der Waals surface area contributed by atoms with Crippen LogP contribution in [-0.2, 0) is 16.1 Å². The van der Waals surface area contributed by atoms with Gasteiger partial charge in [-0.3, -0.25) is 34.4 Å². The molecule has 1 aromatic carbocycles. The van der Waals surface area contributed by atoms with Crippen molar-refractivity contribution in [2.24, 2.45) is 0 Å². The smallest absolute Gasteiger partial charge is 0.262 e. The number of carbonyl (C=O) groups excluding carboxylic acids is 4. The normalized spacial score (nSPS) is 18.0. The Morgan fingerprint density at radius 2 is 1.88 bits per heavy atom. The van der Waals surface area contributed by atoms with Crippen LogP contribution >= 0.6 is 0 Å². The van der Waals surface area contributed by atoms with Crippen molar-refractivity contribution in [3.05, 3.63) is 59.0 Å². The predicted octanol–water partition coefficient (Wildman–Crippen LogP) is 0.804.